The smallest absolute Gasteiger partial charge is 0.178 e. The molecule has 20 heavy (non-hydrogen) atoms. The first kappa shape index (κ1) is 14.5. The minimum atomic E-state index is 0.00587. The molecule has 1 heterocycles. The van der Waals surface area contributed by atoms with Crippen molar-refractivity contribution in [3.8, 4) is 0 Å². The van der Waals surface area contributed by atoms with Crippen LogP contribution in [0.4, 0.5) is 0 Å². The Morgan fingerprint density at radius 2 is 1.75 bits per heavy atom. The van der Waals surface area contributed by atoms with Crippen molar-refractivity contribution in [1.29, 1.82) is 0 Å². The molecule has 0 saturated carbocycles. The molecule has 0 radical (unpaired) electrons. The van der Waals surface area contributed by atoms with Crippen LogP contribution in [0.5, 0.6) is 0 Å². The fourth-order valence-corrected chi connectivity index (χ4v) is 2.39. The maximum absolute atomic E-state index is 11.7. The number of thiophene rings is 1. The monoisotopic (exact) mass is 282 g/mol. The number of hydrogen-bond donors (Lipinski definition) is 0. The first-order valence-electron chi connectivity index (χ1n) is 6.69. The normalized spacial score (nSPS) is 11.8. The molecule has 0 spiro atoms. The van der Waals surface area contributed by atoms with E-state index in [4.69, 9.17) is 0 Å². The number of carbonyl (C=O) groups excluding carboxylic acids is 1. The summed E-state index contributed by atoms with van der Waals surface area (Å²) < 4.78 is 0. The molecular formula is C18H18OS. The first-order chi connectivity index (χ1) is 9.65. The van der Waals surface area contributed by atoms with Crippen molar-refractivity contribution in [3.05, 3.63) is 69.9 Å². The molecule has 1 aromatic heterocycles. The highest BCUT2D eigenvalue weighted by Crippen LogP contribution is 2.15. The second kappa shape index (κ2) is 7.01. The lowest BCUT2D eigenvalue weighted by Gasteiger charge is -2.04. The predicted molar refractivity (Wildman–Crippen MR) is 87.9 cm³/mol. The maximum atomic E-state index is 11.7. The lowest BCUT2D eigenvalue weighted by molar-refractivity contribution is -0.110. The van der Waals surface area contributed by atoms with Gasteiger partial charge in [-0.2, -0.15) is 0 Å². The van der Waals surface area contributed by atoms with E-state index in [0.717, 1.165) is 10.4 Å². The molecule has 1 nitrogen and oxygen atoms in total. The third-order valence-corrected chi connectivity index (χ3v) is 3.84. The van der Waals surface area contributed by atoms with Gasteiger partial charge < -0.3 is 0 Å². The van der Waals surface area contributed by atoms with E-state index in [0.29, 0.717) is 5.92 Å². The van der Waals surface area contributed by atoms with Crippen molar-refractivity contribution in [2.75, 3.05) is 0 Å². The predicted octanol–water partition coefficient (Wildman–Crippen LogP) is 5.17. The van der Waals surface area contributed by atoms with E-state index in [9.17, 15) is 4.79 Å². The fraction of sp³-hybridized carbons (Fsp3) is 0.167. The molecule has 0 atom stereocenters. The summed E-state index contributed by atoms with van der Waals surface area (Å²) in [7, 11) is 0. The quantitative estimate of drug-likeness (QED) is 0.692. The Bertz CT molecular complexity index is 601. The zero-order valence-electron chi connectivity index (χ0n) is 11.7. The van der Waals surface area contributed by atoms with Crippen LogP contribution in [0, 0.1) is 0 Å². The van der Waals surface area contributed by atoms with Gasteiger partial charge in [0.25, 0.3) is 0 Å². The average Bonchev–Trinajstić information content (AvgIpc) is 2.96. The minimum absolute atomic E-state index is 0.00587. The second-order valence-electron chi connectivity index (χ2n) is 4.91. The highest BCUT2D eigenvalue weighted by molar-refractivity contribution is 7.10. The minimum Gasteiger partial charge on any atom is -0.290 e. The topological polar surface area (TPSA) is 17.1 Å². The van der Waals surface area contributed by atoms with Crippen LogP contribution in [-0.4, -0.2) is 5.78 Å². The van der Waals surface area contributed by atoms with Crippen molar-refractivity contribution in [3.63, 3.8) is 0 Å². The third-order valence-electron chi connectivity index (χ3n) is 3.00. The van der Waals surface area contributed by atoms with E-state index in [1.165, 1.54) is 5.56 Å². The van der Waals surface area contributed by atoms with Gasteiger partial charge in [0, 0.05) is 4.88 Å². The molecular weight excluding hydrogens is 264 g/mol. The number of benzene rings is 1. The van der Waals surface area contributed by atoms with Crippen molar-refractivity contribution in [1.82, 2.24) is 0 Å². The van der Waals surface area contributed by atoms with Crippen molar-refractivity contribution in [2.24, 2.45) is 0 Å². The molecule has 2 rings (SSSR count). The highest BCUT2D eigenvalue weighted by atomic mass is 32.1. The van der Waals surface area contributed by atoms with E-state index in [-0.39, 0.29) is 5.78 Å². The van der Waals surface area contributed by atoms with Gasteiger partial charge in [0.15, 0.2) is 5.78 Å². The summed E-state index contributed by atoms with van der Waals surface area (Å²) in [6.07, 6.45) is 6.91. The number of allylic oxidation sites excluding steroid dienone is 2. The molecule has 0 aliphatic rings. The van der Waals surface area contributed by atoms with Crippen molar-refractivity contribution in [2.45, 2.75) is 19.8 Å². The van der Waals surface area contributed by atoms with Crippen LogP contribution in [-0.2, 0) is 4.79 Å². The summed E-state index contributed by atoms with van der Waals surface area (Å²) in [6, 6.07) is 12.3. The van der Waals surface area contributed by atoms with Crippen LogP contribution in [0.3, 0.4) is 0 Å². The van der Waals surface area contributed by atoms with Gasteiger partial charge in [-0.1, -0.05) is 50.3 Å². The van der Waals surface area contributed by atoms with Crippen molar-refractivity contribution < 1.29 is 4.79 Å². The number of rotatable bonds is 5. The molecule has 0 unspecified atom stereocenters. The molecule has 0 amide bonds. The largest absolute Gasteiger partial charge is 0.290 e. The van der Waals surface area contributed by atoms with Crippen LogP contribution >= 0.6 is 11.3 Å². The number of ketones is 1. The lowest BCUT2D eigenvalue weighted by atomic mass is 10.0. The molecule has 0 bridgehead atoms. The van der Waals surface area contributed by atoms with Gasteiger partial charge in [-0.25, -0.2) is 0 Å². The first-order valence-corrected chi connectivity index (χ1v) is 7.57. The summed E-state index contributed by atoms with van der Waals surface area (Å²) in [5.41, 5.74) is 2.36. The Hall–Kier alpha value is -1.93. The lowest BCUT2D eigenvalue weighted by Crippen LogP contribution is -1.87. The van der Waals surface area contributed by atoms with E-state index < -0.39 is 0 Å². The fourth-order valence-electron chi connectivity index (χ4n) is 1.78. The molecule has 0 aliphatic carbocycles. The van der Waals surface area contributed by atoms with E-state index in [1.54, 1.807) is 23.5 Å². The van der Waals surface area contributed by atoms with Gasteiger partial charge in [-0.3, -0.25) is 4.79 Å². The molecule has 0 fully saturated rings. The molecule has 0 aliphatic heterocycles. The molecule has 2 aromatic rings. The molecule has 1 aromatic carbocycles. The number of carbonyl (C=O) groups is 1. The van der Waals surface area contributed by atoms with Gasteiger partial charge in [0.2, 0.25) is 0 Å². The summed E-state index contributed by atoms with van der Waals surface area (Å²) in [5.74, 6) is 0.537. The Morgan fingerprint density at radius 1 is 1.05 bits per heavy atom. The summed E-state index contributed by atoms with van der Waals surface area (Å²) in [6.45, 7) is 4.34. The van der Waals surface area contributed by atoms with Crippen LogP contribution < -0.4 is 0 Å². The van der Waals surface area contributed by atoms with Gasteiger partial charge in [-0.05, 0) is 46.7 Å². The van der Waals surface area contributed by atoms with E-state index >= 15 is 0 Å². The zero-order valence-corrected chi connectivity index (χ0v) is 12.6. The molecule has 0 N–H and O–H groups in total. The molecule has 102 valence electrons. The standard InChI is InChI=1S/C18H18OS/c1-14(2)16-8-5-15(6-9-16)7-10-17(19)11-12-18-4-3-13-20-18/h3-14H,1-2H3/b10-7+,12-11+. The van der Waals surface area contributed by atoms with Gasteiger partial charge >= 0.3 is 0 Å². The van der Waals surface area contributed by atoms with Crippen LogP contribution in [0.1, 0.15) is 35.8 Å². The Balaban J connectivity index is 1.96. The Kier molecular flexibility index (Phi) is 5.08. The second-order valence-corrected chi connectivity index (χ2v) is 5.89. The Labute approximate surface area is 124 Å². The maximum Gasteiger partial charge on any atom is 0.178 e. The molecule has 2 heteroatoms. The van der Waals surface area contributed by atoms with E-state index in [1.807, 2.05) is 41.8 Å². The summed E-state index contributed by atoms with van der Waals surface area (Å²) in [4.78, 5) is 12.8. The summed E-state index contributed by atoms with van der Waals surface area (Å²) >= 11 is 1.62. The van der Waals surface area contributed by atoms with E-state index in [2.05, 4.69) is 26.0 Å². The SMILES string of the molecule is CC(C)c1ccc(/C=C/C(=O)/C=C/c2cccs2)cc1. The van der Waals surface area contributed by atoms with Crippen molar-refractivity contribution >= 4 is 29.3 Å². The summed E-state index contributed by atoms with van der Waals surface area (Å²) in [5, 5.41) is 2.00. The average molecular weight is 282 g/mol. The Morgan fingerprint density at radius 3 is 2.35 bits per heavy atom. The van der Waals surface area contributed by atoms with Crippen LogP contribution in [0.15, 0.2) is 53.9 Å². The van der Waals surface area contributed by atoms with Crippen LogP contribution in [0.25, 0.3) is 12.2 Å². The van der Waals surface area contributed by atoms with Crippen LogP contribution in [0.2, 0.25) is 0 Å². The highest BCUT2D eigenvalue weighted by Gasteiger charge is 1.97. The zero-order chi connectivity index (χ0) is 14.4. The van der Waals surface area contributed by atoms with Gasteiger partial charge in [0.05, 0.1) is 0 Å². The van der Waals surface area contributed by atoms with Gasteiger partial charge in [0.1, 0.15) is 0 Å². The number of hydrogen-bond acceptors (Lipinski definition) is 2. The van der Waals surface area contributed by atoms with Gasteiger partial charge in [-0.15, -0.1) is 11.3 Å². The third kappa shape index (κ3) is 4.32. The molecule has 0 saturated heterocycles.